The van der Waals surface area contributed by atoms with E-state index in [4.69, 9.17) is 21.8 Å². The molecule has 1 aromatic heterocycles. The minimum Gasteiger partial charge on any atom is -0.468 e. The SMILES string of the molecule is Cc1occc1SCC(=O)Nc1cc(N)ccc1Cl. The molecule has 6 heteroatoms. The third-order valence-corrected chi connectivity index (χ3v) is 3.91. The van der Waals surface area contributed by atoms with E-state index in [1.165, 1.54) is 11.8 Å². The van der Waals surface area contributed by atoms with Crippen LogP contribution in [0.1, 0.15) is 5.76 Å². The summed E-state index contributed by atoms with van der Waals surface area (Å²) in [6.07, 6.45) is 1.60. The van der Waals surface area contributed by atoms with Crippen LogP contribution in [0.5, 0.6) is 0 Å². The van der Waals surface area contributed by atoms with Gasteiger partial charge in [0.05, 0.1) is 22.7 Å². The third-order valence-electron chi connectivity index (χ3n) is 2.43. The molecule has 19 heavy (non-hydrogen) atoms. The summed E-state index contributed by atoms with van der Waals surface area (Å²) in [5, 5.41) is 3.20. The van der Waals surface area contributed by atoms with Crippen molar-refractivity contribution in [2.24, 2.45) is 0 Å². The van der Waals surface area contributed by atoms with Gasteiger partial charge in [0.2, 0.25) is 5.91 Å². The Labute approximate surface area is 120 Å². The van der Waals surface area contributed by atoms with E-state index in [9.17, 15) is 4.79 Å². The number of carbonyl (C=O) groups is 1. The number of rotatable bonds is 4. The minimum atomic E-state index is -0.141. The lowest BCUT2D eigenvalue weighted by Gasteiger charge is -2.07. The van der Waals surface area contributed by atoms with Crippen molar-refractivity contribution in [2.75, 3.05) is 16.8 Å². The first-order chi connectivity index (χ1) is 9.06. The highest BCUT2D eigenvalue weighted by molar-refractivity contribution is 8.00. The van der Waals surface area contributed by atoms with E-state index in [1.54, 1.807) is 24.5 Å². The van der Waals surface area contributed by atoms with Crippen LogP contribution in [0.3, 0.4) is 0 Å². The molecule has 0 aliphatic rings. The summed E-state index contributed by atoms with van der Waals surface area (Å²) < 4.78 is 5.16. The number of anilines is 2. The average molecular weight is 297 g/mol. The Morgan fingerprint density at radius 3 is 2.95 bits per heavy atom. The molecular weight excluding hydrogens is 284 g/mol. The number of carbonyl (C=O) groups excluding carboxylic acids is 1. The second-order valence-electron chi connectivity index (χ2n) is 3.92. The predicted octanol–water partition coefficient (Wildman–Crippen LogP) is 3.55. The van der Waals surface area contributed by atoms with Gasteiger partial charge in [0.1, 0.15) is 5.76 Å². The molecule has 100 valence electrons. The normalized spacial score (nSPS) is 10.4. The Morgan fingerprint density at radius 2 is 2.26 bits per heavy atom. The number of benzene rings is 1. The molecular formula is C13H13ClN2O2S. The molecule has 1 heterocycles. The van der Waals surface area contributed by atoms with Gasteiger partial charge in [0.15, 0.2) is 0 Å². The Balaban J connectivity index is 1.94. The van der Waals surface area contributed by atoms with E-state index in [-0.39, 0.29) is 11.7 Å². The van der Waals surface area contributed by atoms with E-state index in [1.807, 2.05) is 13.0 Å². The molecule has 0 saturated heterocycles. The zero-order valence-corrected chi connectivity index (χ0v) is 11.8. The fraction of sp³-hybridized carbons (Fsp3) is 0.154. The van der Waals surface area contributed by atoms with Crippen molar-refractivity contribution in [3.05, 3.63) is 41.3 Å². The first kappa shape index (κ1) is 13.8. The van der Waals surface area contributed by atoms with Crippen molar-refractivity contribution >= 4 is 40.6 Å². The lowest BCUT2D eigenvalue weighted by atomic mass is 10.3. The van der Waals surface area contributed by atoms with Crippen molar-refractivity contribution in [1.82, 2.24) is 0 Å². The summed E-state index contributed by atoms with van der Waals surface area (Å²) in [6.45, 7) is 1.86. The molecule has 0 aliphatic carbocycles. The zero-order valence-electron chi connectivity index (χ0n) is 10.3. The maximum atomic E-state index is 11.8. The molecule has 0 bridgehead atoms. The van der Waals surface area contributed by atoms with Crippen LogP contribution < -0.4 is 11.1 Å². The molecule has 1 aromatic carbocycles. The van der Waals surface area contributed by atoms with Gasteiger partial charge in [-0.2, -0.15) is 0 Å². The number of halogens is 1. The van der Waals surface area contributed by atoms with E-state index in [0.717, 1.165) is 10.7 Å². The molecule has 0 fully saturated rings. The number of furan rings is 1. The number of amides is 1. The van der Waals surface area contributed by atoms with Gasteiger partial charge in [0, 0.05) is 10.6 Å². The largest absolute Gasteiger partial charge is 0.468 e. The van der Waals surface area contributed by atoms with Crippen LogP contribution in [0.2, 0.25) is 5.02 Å². The number of nitrogens with one attached hydrogen (secondary N) is 1. The van der Waals surface area contributed by atoms with Crippen LogP contribution in [-0.2, 0) is 4.79 Å². The summed E-state index contributed by atoms with van der Waals surface area (Å²) in [5.74, 6) is 0.948. The van der Waals surface area contributed by atoms with Crippen LogP contribution >= 0.6 is 23.4 Å². The van der Waals surface area contributed by atoms with Crippen LogP contribution in [0, 0.1) is 6.92 Å². The minimum absolute atomic E-state index is 0.141. The Bertz CT molecular complexity index is 598. The van der Waals surface area contributed by atoms with Crippen molar-refractivity contribution in [3.8, 4) is 0 Å². The summed E-state index contributed by atoms with van der Waals surface area (Å²) in [6, 6.07) is 6.80. The van der Waals surface area contributed by atoms with Crippen LogP contribution in [0.15, 0.2) is 39.8 Å². The number of nitrogen functional groups attached to an aromatic ring is 1. The van der Waals surface area contributed by atoms with Crippen LogP contribution in [0.25, 0.3) is 0 Å². The van der Waals surface area contributed by atoms with Crippen molar-refractivity contribution < 1.29 is 9.21 Å². The highest BCUT2D eigenvalue weighted by Crippen LogP contribution is 2.26. The standard InChI is InChI=1S/C13H13ClN2O2S/c1-8-12(4-5-18-8)19-7-13(17)16-11-6-9(15)2-3-10(11)14/h2-6H,7,15H2,1H3,(H,16,17). The van der Waals surface area contributed by atoms with Crippen LogP contribution in [0.4, 0.5) is 11.4 Å². The van der Waals surface area contributed by atoms with Crippen molar-refractivity contribution in [2.45, 2.75) is 11.8 Å². The van der Waals surface area contributed by atoms with Gasteiger partial charge in [0.25, 0.3) is 0 Å². The van der Waals surface area contributed by atoms with Gasteiger partial charge >= 0.3 is 0 Å². The van der Waals surface area contributed by atoms with Gasteiger partial charge in [-0.25, -0.2) is 0 Å². The maximum absolute atomic E-state index is 11.8. The van der Waals surface area contributed by atoms with Gasteiger partial charge in [-0.1, -0.05) is 11.6 Å². The fourth-order valence-corrected chi connectivity index (χ4v) is 2.42. The van der Waals surface area contributed by atoms with E-state index in [0.29, 0.717) is 16.4 Å². The Kier molecular flexibility index (Phi) is 4.39. The molecule has 0 unspecified atom stereocenters. The molecule has 0 spiro atoms. The van der Waals surface area contributed by atoms with Crippen LogP contribution in [-0.4, -0.2) is 11.7 Å². The first-order valence-electron chi connectivity index (χ1n) is 5.58. The number of thioether (sulfide) groups is 1. The quantitative estimate of drug-likeness (QED) is 0.669. The van der Waals surface area contributed by atoms with Gasteiger partial charge in [-0.15, -0.1) is 11.8 Å². The summed E-state index contributed by atoms with van der Waals surface area (Å²) >= 11 is 7.38. The maximum Gasteiger partial charge on any atom is 0.234 e. The summed E-state index contributed by atoms with van der Waals surface area (Å²) in [5.41, 5.74) is 6.72. The Hall–Kier alpha value is -1.59. The number of nitrogens with two attached hydrogens (primary N) is 1. The van der Waals surface area contributed by atoms with Gasteiger partial charge in [-0.3, -0.25) is 4.79 Å². The van der Waals surface area contributed by atoms with Crippen molar-refractivity contribution in [3.63, 3.8) is 0 Å². The monoisotopic (exact) mass is 296 g/mol. The van der Waals surface area contributed by atoms with Gasteiger partial charge in [-0.05, 0) is 31.2 Å². The molecule has 2 rings (SSSR count). The molecule has 0 atom stereocenters. The summed E-state index contributed by atoms with van der Waals surface area (Å²) in [7, 11) is 0. The Morgan fingerprint density at radius 1 is 1.47 bits per heavy atom. The van der Waals surface area contributed by atoms with Crippen molar-refractivity contribution in [1.29, 1.82) is 0 Å². The lowest BCUT2D eigenvalue weighted by Crippen LogP contribution is -2.14. The number of aryl methyl sites for hydroxylation is 1. The molecule has 0 aliphatic heterocycles. The highest BCUT2D eigenvalue weighted by atomic mass is 35.5. The van der Waals surface area contributed by atoms with E-state index in [2.05, 4.69) is 5.32 Å². The second-order valence-corrected chi connectivity index (χ2v) is 5.34. The molecule has 1 amide bonds. The number of hydrogen-bond donors (Lipinski definition) is 2. The van der Waals surface area contributed by atoms with E-state index >= 15 is 0 Å². The summed E-state index contributed by atoms with van der Waals surface area (Å²) in [4.78, 5) is 12.8. The van der Waals surface area contributed by atoms with E-state index < -0.39 is 0 Å². The fourth-order valence-electron chi connectivity index (χ4n) is 1.49. The zero-order chi connectivity index (χ0) is 13.8. The predicted molar refractivity (Wildman–Crippen MR) is 78.7 cm³/mol. The average Bonchev–Trinajstić information content (AvgIpc) is 2.77. The molecule has 0 saturated carbocycles. The molecule has 0 radical (unpaired) electrons. The molecule has 4 nitrogen and oxygen atoms in total. The lowest BCUT2D eigenvalue weighted by molar-refractivity contribution is -0.113. The first-order valence-corrected chi connectivity index (χ1v) is 6.94. The molecule has 2 aromatic rings. The molecule has 3 N–H and O–H groups in total. The third kappa shape index (κ3) is 3.68. The smallest absolute Gasteiger partial charge is 0.234 e. The van der Waals surface area contributed by atoms with Gasteiger partial charge < -0.3 is 15.5 Å². The topological polar surface area (TPSA) is 68.3 Å². The number of hydrogen-bond acceptors (Lipinski definition) is 4. The highest BCUT2D eigenvalue weighted by Gasteiger charge is 2.09. The second kappa shape index (κ2) is 6.04.